The van der Waals surface area contributed by atoms with E-state index < -0.39 is 0 Å². The summed E-state index contributed by atoms with van der Waals surface area (Å²) in [6, 6.07) is 0. The first-order chi connectivity index (χ1) is 10.3. The van der Waals surface area contributed by atoms with Crippen molar-refractivity contribution in [3.05, 3.63) is 23.5 Å². The van der Waals surface area contributed by atoms with Crippen molar-refractivity contribution in [1.29, 1.82) is 0 Å². The molecule has 114 valence electrons. The van der Waals surface area contributed by atoms with Crippen LogP contribution in [0, 0.1) is 0 Å². The highest BCUT2D eigenvalue weighted by atomic mass is 16.5. The van der Waals surface area contributed by atoms with Gasteiger partial charge in [0.05, 0.1) is 31.6 Å². The Kier molecular flexibility index (Phi) is 4.19. The van der Waals surface area contributed by atoms with Crippen LogP contribution in [0.25, 0.3) is 0 Å². The van der Waals surface area contributed by atoms with Crippen molar-refractivity contribution in [3.8, 4) is 0 Å². The van der Waals surface area contributed by atoms with Gasteiger partial charge in [0.25, 0.3) is 5.91 Å². The Morgan fingerprint density at radius 1 is 1.52 bits per heavy atom. The molecular weight excluding hydrogens is 272 g/mol. The molecule has 7 heteroatoms. The Labute approximate surface area is 123 Å². The fourth-order valence-electron chi connectivity index (χ4n) is 2.53. The normalized spacial score (nSPS) is 22.6. The highest BCUT2D eigenvalue weighted by molar-refractivity contribution is 5.93. The number of rotatable bonds is 3. The van der Waals surface area contributed by atoms with Crippen LogP contribution in [-0.2, 0) is 20.7 Å². The van der Waals surface area contributed by atoms with E-state index in [4.69, 9.17) is 9.47 Å². The fraction of sp³-hybridized carbons (Fsp3) is 0.643. The van der Waals surface area contributed by atoms with Crippen LogP contribution in [-0.4, -0.2) is 52.3 Å². The Hall–Kier alpha value is -1.89. The van der Waals surface area contributed by atoms with Crippen molar-refractivity contribution in [1.82, 2.24) is 20.1 Å². The summed E-state index contributed by atoms with van der Waals surface area (Å²) in [5.41, 5.74) is 0.742. The van der Waals surface area contributed by atoms with E-state index >= 15 is 0 Å². The molecule has 7 nitrogen and oxygen atoms in total. The number of amides is 1. The molecule has 1 atom stereocenters. The first kappa shape index (κ1) is 14.1. The number of carbonyl (C=O) groups excluding carboxylic acids is 1. The van der Waals surface area contributed by atoms with E-state index in [1.807, 2.05) is 6.92 Å². The van der Waals surface area contributed by atoms with Gasteiger partial charge in [-0.3, -0.25) is 9.89 Å². The SMILES string of the molecule is CCc1nc(C2CN(C(=O)C3=COCCC3)CCO2)n[nH]1. The van der Waals surface area contributed by atoms with E-state index in [1.165, 1.54) is 0 Å². The quantitative estimate of drug-likeness (QED) is 0.897. The first-order valence-electron chi connectivity index (χ1n) is 7.40. The Morgan fingerprint density at radius 2 is 2.43 bits per heavy atom. The summed E-state index contributed by atoms with van der Waals surface area (Å²) in [5.74, 6) is 1.49. The molecule has 0 saturated carbocycles. The average molecular weight is 292 g/mol. The molecule has 1 saturated heterocycles. The van der Waals surface area contributed by atoms with E-state index in [2.05, 4.69) is 15.2 Å². The largest absolute Gasteiger partial charge is 0.501 e. The maximum absolute atomic E-state index is 12.5. The summed E-state index contributed by atoms with van der Waals surface area (Å²) in [5, 5.41) is 7.06. The zero-order chi connectivity index (χ0) is 14.7. The number of hydrogen-bond donors (Lipinski definition) is 1. The van der Waals surface area contributed by atoms with Crippen molar-refractivity contribution >= 4 is 5.91 Å². The van der Waals surface area contributed by atoms with E-state index in [0.717, 1.165) is 30.7 Å². The number of hydrogen-bond acceptors (Lipinski definition) is 5. The standard InChI is InChI=1S/C14H20N4O3/c1-2-12-15-13(17-16-12)11-8-18(5-7-21-11)14(19)10-4-3-6-20-9-10/h9,11H,2-8H2,1H3,(H,15,16,17). The zero-order valence-electron chi connectivity index (χ0n) is 12.2. The van der Waals surface area contributed by atoms with E-state index in [9.17, 15) is 4.79 Å². The predicted octanol–water partition coefficient (Wildman–Crippen LogP) is 0.961. The maximum Gasteiger partial charge on any atom is 0.253 e. The minimum absolute atomic E-state index is 0.0363. The summed E-state index contributed by atoms with van der Waals surface area (Å²) in [4.78, 5) is 18.7. The average Bonchev–Trinajstić information content (AvgIpc) is 3.04. The molecule has 1 amide bonds. The second-order valence-electron chi connectivity index (χ2n) is 5.22. The van der Waals surface area contributed by atoms with Gasteiger partial charge in [-0.15, -0.1) is 0 Å². The Bertz CT molecular complexity index is 540. The van der Waals surface area contributed by atoms with Gasteiger partial charge in [0.2, 0.25) is 0 Å². The molecule has 0 bridgehead atoms. The molecule has 1 aromatic heterocycles. The van der Waals surface area contributed by atoms with Crippen LogP contribution < -0.4 is 0 Å². The number of nitrogens with zero attached hydrogens (tertiary/aromatic N) is 3. The van der Waals surface area contributed by atoms with Gasteiger partial charge in [0, 0.05) is 13.0 Å². The van der Waals surface area contributed by atoms with Crippen molar-refractivity contribution in [3.63, 3.8) is 0 Å². The fourth-order valence-corrected chi connectivity index (χ4v) is 2.53. The van der Waals surface area contributed by atoms with Gasteiger partial charge in [0.1, 0.15) is 11.9 Å². The molecule has 2 aliphatic heterocycles. The minimum atomic E-state index is -0.260. The van der Waals surface area contributed by atoms with Crippen LogP contribution in [0.15, 0.2) is 11.8 Å². The van der Waals surface area contributed by atoms with E-state index in [-0.39, 0.29) is 12.0 Å². The monoisotopic (exact) mass is 292 g/mol. The van der Waals surface area contributed by atoms with Gasteiger partial charge in [-0.25, -0.2) is 4.98 Å². The van der Waals surface area contributed by atoms with Gasteiger partial charge in [-0.2, -0.15) is 5.10 Å². The molecule has 1 fully saturated rings. The third-order valence-corrected chi connectivity index (χ3v) is 3.73. The number of nitrogens with one attached hydrogen (secondary N) is 1. The number of aromatic nitrogens is 3. The lowest BCUT2D eigenvalue weighted by molar-refractivity contribution is -0.135. The summed E-state index contributed by atoms with van der Waals surface area (Å²) in [7, 11) is 0. The summed E-state index contributed by atoms with van der Waals surface area (Å²) in [6.07, 6.45) is 3.81. The highest BCUT2D eigenvalue weighted by Crippen LogP contribution is 2.22. The number of aryl methyl sites for hydroxylation is 1. The molecule has 0 spiro atoms. The molecule has 3 rings (SSSR count). The first-order valence-corrected chi connectivity index (χ1v) is 7.40. The number of morpholine rings is 1. The lowest BCUT2D eigenvalue weighted by Gasteiger charge is -2.32. The maximum atomic E-state index is 12.5. The van der Waals surface area contributed by atoms with Crippen LogP contribution in [0.1, 0.15) is 37.5 Å². The minimum Gasteiger partial charge on any atom is -0.501 e. The van der Waals surface area contributed by atoms with Crippen molar-refractivity contribution in [2.45, 2.75) is 32.3 Å². The van der Waals surface area contributed by atoms with Gasteiger partial charge < -0.3 is 14.4 Å². The lowest BCUT2D eigenvalue weighted by atomic mass is 10.1. The molecule has 0 aromatic carbocycles. The third kappa shape index (κ3) is 3.07. The number of aromatic amines is 1. The van der Waals surface area contributed by atoms with Gasteiger partial charge in [0.15, 0.2) is 5.82 Å². The van der Waals surface area contributed by atoms with Crippen molar-refractivity contribution < 1.29 is 14.3 Å². The molecule has 21 heavy (non-hydrogen) atoms. The van der Waals surface area contributed by atoms with E-state index in [0.29, 0.717) is 32.1 Å². The highest BCUT2D eigenvalue weighted by Gasteiger charge is 2.29. The molecular formula is C14H20N4O3. The number of carbonyl (C=O) groups is 1. The van der Waals surface area contributed by atoms with Crippen LogP contribution in [0.5, 0.6) is 0 Å². The zero-order valence-corrected chi connectivity index (χ0v) is 12.2. The molecule has 2 aliphatic rings. The van der Waals surface area contributed by atoms with Crippen molar-refractivity contribution in [2.24, 2.45) is 0 Å². The summed E-state index contributed by atoms with van der Waals surface area (Å²) >= 11 is 0. The topological polar surface area (TPSA) is 80.3 Å². The molecule has 0 radical (unpaired) electrons. The number of ether oxygens (including phenoxy) is 2. The van der Waals surface area contributed by atoms with E-state index in [1.54, 1.807) is 11.2 Å². The van der Waals surface area contributed by atoms with Crippen LogP contribution in [0.3, 0.4) is 0 Å². The van der Waals surface area contributed by atoms with Crippen LogP contribution >= 0.6 is 0 Å². The summed E-state index contributed by atoms with van der Waals surface area (Å²) in [6.45, 7) is 4.28. The van der Waals surface area contributed by atoms with Gasteiger partial charge >= 0.3 is 0 Å². The third-order valence-electron chi connectivity index (χ3n) is 3.73. The molecule has 3 heterocycles. The van der Waals surface area contributed by atoms with Crippen LogP contribution in [0.4, 0.5) is 0 Å². The summed E-state index contributed by atoms with van der Waals surface area (Å²) < 4.78 is 11.0. The van der Waals surface area contributed by atoms with Crippen molar-refractivity contribution in [2.75, 3.05) is 26.3 Å². The van der Waals surface area contributed by atoms with Gasteiger partial charge in [-0.1, -0.05) is 6.92 Å². The second kappa shape index (κ2) is 6.26. The lowest BCUT2D eigenvalue weighted by Crippen LogP contribution is -2.43. The molecule has 1 unspecified atom stereocenters. The van der Waals surface area contributed by atoms with Gasteiger partial charge in [-0.05, 0) is 12.8 Å². The second-order valence-corrected chi connectivity index (χ2v) is 5.22. The number of H-pyrrole nitrogens is 1. The molecule has 1 aromatic rings. The molecule has 0 aliphatic carbocycles. The smallest absolute Gasteiger partial charge is 0.253 e. The predicted molar refractivity (Wildman–Crippen MR) is 74.3 cm³/mol. The Morgan fingerprint density at radius 3 is 3.14 bits per heavy atom. The van der Waals surface area contributed by atoms with Crippen LogP contribution in [0.2, 0.25) is 0 Å². The molecule has 1 N–H and O–H groups in total. The Balaban J connectivity index is 1.67.